The zero-order valence-corrected chi connectivity index (χ0v) is 27.8. The minimum absolute atomic E-state index is 0.711. The summed E-state index contributed by atoms with van der Waals surface area (Å²) in [6.45, 7) is 6.22. The van der Waals surface area contributed by atoms with E-state index in [9.17, 15) is 0 Å². The third-order valence-electron chi connectivity index (χ3n) is 8.81. The number of rotatable bonds is 7. The highest BCUT2D eigenvalue weighted by atomic mass is 32.2. The van der Waals surface area contributed by atoms with Crippen LogP contribution in [0, 0.1) is 0 Å². The van der Waals surface area contributed by atoms with Gasteiger partial charge in [0.15, 0.2) is 10.3 Å². The van der Waals surface area contributed by atoms with Gasteiger partial charge in [-0.1, -0.05) is 72.1 Å². The summed E-state index contributed by atoms with van der Waals surface area (Å²) in [6.07, 6.45) is 4.03. The summed E-state index contributed by atoms with van der Waals surface area (Å²) in [4.78, 5) is 19.8. The normalized spacial score (nSPS) is 11.8. The molecule has 46 heavy (non-hydrogen) atoms. The molecule has 0 unspecified atom stereocenters. The van der Waals surface area contributed by atoms with Crippen molar-refractivity contribution in [3.63, 3.8) is 0 Å². The number of thioether (sulfide) groups is 2. The molecule has 8 aromatic rings. The molecule has 4 aromatic carbocycles. The van der Waals surface area contributed by atoms with Crippen molar-refractivity contribution in [3.05, 3.63) is 97.1 Å². The standard InChI is InChI=1S/C38H32N6S2/c1-5-43-33-13-9-7-11-25(33)27-19-23(15-17-35(27)43)29-21-31(41-37(39-29)45-3)32-22-30(40-38(42-32)46-4)24-16-18-36-28(20-24)26-12-8-10-14-34(26)44(36)6-2/h7-22H,5-6H2,1-4H3. The summed E-state index contributed by atoms with van der Waals surface area (Å²) in [7, 11) is 0. The van der Waals surface area contributed by atoms with Gasteiger partial charge in [0, 0.05) is 67.8 Å². The van der Waals surface area contributed by atoms with Crippen LogP contribution in [0.5, 0.6) is 0 Å². The van der Waals surface area contributed by atoms with E-state index in [1.165, 1.54) is 43.6 Å². The van der Waals surface area contributed by atoms with Crippen molar-refractivity contribution in [1.82, 2.24) is 29.1 Å². The molecule has 0 bridgehead atoms. The fourth-order valence-corrected chi connectivity index (χ4v) is 7.46. The predicted molar refractivity (Wildman–Crippen MR) is 195 cm³/mol. The van der Waals surface area contributed by atoms with E-state index in [2.05, 4.69) is 120 Å². The topological polar surface area (TPSA) is 61.4 Å². The third kappa shape index (κ3) is 4.66. The van der Waals surface area contributed by atoms with Crippen LogP contribution in [0.3, 0.4) is 0 Å². The first-order valence-electron chi connectivity index (χ1n) is 15.5. The zero-order chi connectivity index (χ0) is 31.4. The van der Waals surface area contributed by atoms with Gasteiger partial charge >= 0.3 is 0 Å². The third-order valence-corrected chi connectivity index (χ3v) is 9.90. The van der Waals surface area contributed by atoms with Crippen molar-refractivity contribution in [2.45, 2.75) is 37.2 Å². The van der Waals surface area contributed by atoms with E-state index in [-0.39, 0.29) is 0 Å². The van der Waals surface area contributed by atoms with Crippen molar-refractivity contribution in [3.8, 4) is 33.9 Å². The summed E-state index contributed by atoms with van der Waals surface area (Å²) < 4.78 is 4.74. The number of aryl methyl sites for hydroxylation is 2. The Bertz CT molecular complexity index is 2270. The van der Waals surface area contributed by atoms with Crippen molar-refractivity contribution >= 4 is 67.1 Å². The van der Waals surface area contributed by atoms with Gasteiger partial charge in [-0.3, -0.25) is 0 Å². The van der Waals surface area contributed by atoms with Crippen LogP contribution in [0.1, 0.15) is 13.8 Å². The molecule has 8 heteroatoms. The molecular weight excluding hydrogens is 605 g/mol. The highest BCUT2D eigenvalue weighted by Gasteiger charge is 2.17. The van der Waals surface area contributed by atoms with Gasteiger partial charge in [-0.25, -0.2) is 19.9 Å². The van der Waals surface area contributed by atoms with Gasteiger partial charge in [-0.2, -0.15) is 0 Å². The molecule has 8 rings (SSSR count). The first kappa shape index (κ1) is 28.8. The minimum Gasteiger partial charge on any atom is -0.341 e. The summed E-state index contributed by atoms with van der Waals surface area (Å²) >= 11 is 3.08. The van der Waals surface area contributed by atoms with E-state index in [4.69, 9.17) is 19.9 Å². The molecule has 0 radical (unpaired) electrons. The summed E-state index contributed by atoms with van der Waals surface area (Å²) in [5, 5.41) is 6.39. The largest absolute Gasteiger partial charge is 0.341 e. The van der Waals surface area contributed by atoms with Crippen LogP contribution in [0.2, 0.25) is 0 Å². The van der Waals surface area contributed by atoms with E-state index in [1.807, 2.05) is 12.5 Å². The lowest BCUT2D eigenvalue weighted by Gasteiger charge is -2.11. The molecule has 0 aliphatic heterocycles. The first-order chi connectivity index (χ1) is 22.6. The van der Waals surface area contributed by atoms with Crippen molar-refractivity contribution in [2.24, 2.45) is 0 Å². The molecule has 226 valence electrons. The molecule has 0 N–H and O–H groups in total. The quantitative estimate of drug-likeness (QED) is 0.128. The highest BCUT2D eigenvalue weighted by molar-refractivity contribution is 7.98. The van der Waals surface area contributed by atoms with Gasteiger partial charge in [0.2, 0.25) is 0 Å². The van der Waals surface area contributed by atoms with Crippen molar-refractivity contribution < 1.29 is 0 Å². The summed E-state index contributed by atoms with van der Waals surface area (Å²) in [6, 6.07) is 34.7. The Morgan fingerprint density at radius 2 is 0.848 bits per heavy atom. The predicted octanol–water partition coefficient (Wildman–Crippen LogP) is 9.97. The number of benzene rings is 4. The Morgan fingerprint density at radius 3 is 1.26 bits per heavy atom. The van der Waals surface area contributed by atoms with Gasteiger partial charge in [-0.05, 0) is 74.9 Å². The molecule has 0 saturated heterocycles. The first-order valence-corrected chi connectivity index (χ1v) is 17.9. The molecule has 0 fully saturated rings. The van der Waals surface area contributed by atoms with Gasteiger partial charge in [-0.15, -0.1) is 0 Å². The number of para-hydroxylation sites is 2. The maximum absolute atomic E-state index is 4.95. The van der Waals surface area contributed by atoms with Gasteiger partial charge in [0.1, 0.15) is 0 Å². The Hall–Kier alpha value is -4.66. The highest BCUT2D eigenvalue weighted by Crippen LogP contribution is 2.36. The van der Waals surface area contributed by atoms with E-state index in [1.54, 1.807) is 23.5 Å². The average Bonchev–Trinajstić information content (AvgIpc) is 3.62. The van der Waals surface area contributed by atoms with Gasteiger partial charge < -0.3 is 9.13 Å². The van der Waals surface area contributed by atoms with E-state index in [0.29, 0.717) is 10.3 Å². The second kappa shape index (κ2) is 11.6. The molecule has 0 atom stereocenters. The Kier molecular flexibility index (Phi) is 7.26. The van der Waals surface area contributed by atoms with Crippen LogP contribution in [-0.2, 0) is 13.1 Å². The van der Waals surface area contributed by atoms with E-state index < -0.39 is 0 Å². The van der Waals surface area contributed by atoms with Crippen LogP contribution in [0.15, 0.2) is 107 Å². The fraction of sp³-hybridized carbons (Fsp3) is 0.158. The molecule has 6 nitrogen and oxygen atoms in total. The molecule has 0 spiro atoms. The fourth-order valence-electron chi connectivity index (χ4n) is 6.70. The van der Waals surface area contributed by atoms with E-state index >= 15 is 0 Å². The number of fused-ring (bicyclic) bond motifs is 6. The van der Waals surface area contributed by atoms with Crippen LogP contribution in [-0.4, -0.2) is 41.6 Å². The SMILES string of the molecule is CCn1c2ccccc2c2cc(-c3cc(-c4cc(-c5ccc6c(c5)c5ccccc5n6CC)nc(SC)n4)nc(SC)n3)ccc21. The second-order valence-electron chi connectivity index (χ2n) is 11.2. The van der Waals surface area contributed by atoms with Crippen LogP contribution < -0.4 is 0 Å². The Morgan fingerprint density at radius 1 is 0.457 bits per heavy atom. The number of nitrogens with zero attached hydrogens (tertiary/aromatic N) is 6. The molecular formula is C38H32N6S2. The van der Waals surface area contributed by atoms with E-state index in [0.717, 1.165) is 47.0 Å². The van der Waals surface area contributed by atoms with Gasteiger partial charge in [0.05, 0.1) is 22.8 Å². The second-order valence-corrected chi connectivity index (χ2v) is 12.8. The lowest BCUT2D eigenvalue weighted by Crippen LogP contribution is -1.99. The monoisotopic (exact) mass is 636 g/mol. The average molecular weight is 637 g/mol. The summed E-state index contributed by atoms with van der Waals surface area (Å²) in [5.74, 6) is 0. The molecule has 0 aliphatic rings. The minimum atomic E-state index is 0.711. The lowest BCUT2D eigenvalue weighted by molar-refractivity contribution is 0.827. The molecule has 0 saturated carbocycles. The van der Waals surface area contributed by atoms with Crippen LogP contribution in [0.4, 0.5) is 0 Å². The number of hydrogen-bond donors (Lipinski definition) is 0. The maximum Gasteiger partial charge on any atom is 0.188 e. The van der Waals surface area contributed by atoms with Crippen molar-refractivity contribution in [2.75, 3.05) is 12.5 Å². The number of hydrogen-bond acceptors (Lipinski definition) is 6. The summed E-state index contributed by atoms with van der Waals surface area (Å²) in [5.41, 5.74) is 10.4. The Labute approximate surface area is 275 Å². The molecule has 0 aliphatic carbocycles. The van der Waals surface area contributed by atoms with Crippen LogP contribution in [0.25, 0.3) is 77.5 Å². The molecule has 0 amide bonds. The molecule has 4 heterocycles. The lowest BCUT2D eigenvalue weighted by atomic mass is 10.0. The smallest absolute Gasteiger partial charge is 0.188 e. The van der Waals surface area contributed by atoms with Crippen LogP contribution >= 0.6 is 23.5 Å². The van der Waals surface area contributed by atoms with Gasteiger partial charge in [0.25, 0.3) is 0 Å². The number of aromatic nitrogens is 6. The zero-order valence-electron chi connectivity index (χ0n) is 26.2. The molecule has 4 aromatic heterocycles. The van der Waals surface area contributed by atoms with Crippen molar-refractivity contribution in [1.29, 1.82) is 0 Å². The Balaban J connectivity index is 1.27. The maximum atomic E-state index is 4.95.